The average Bonchev–Trinajstić information content (AvgIpc) is 3.05. The molecule has 0 unspecified atom stereocenters. The Morgan fingerprint density at radius 2 is 1.96 bits per heavy atom. The average molecular weight is 338 g/mol. The first-order chi connectivity index (χ1) is 11.4. The molecule has 8 N–H and O–H groups in total. The lowest BCUT2D eigenvalue weighted by molar-refractivity contribution is -0.119. The van der Waals surface area contributed by atoms with Crippen molar-refractivity contribution in [1.82, 2.24) is 25.9 Å². The normalized spacial score (nSPS) is 9.88. The molecular weight excluding hydrogens is 316 g/mol. The van der Waals surface area contributed by atoms with Gasteiger partial charge in [0, 0.05) is 20.1 Å². The van der Waals surface area contributed by atoms with Crippen molar-refractivity contribution in [3.05, 3.63) is 17.7 Å². The topological polar surface area (TPSA) is 180 Å². The summed E-state index contributed by atoms with van der Waals surface area (Å²) in [4.78, 5) is 44.9. The number of hydrogen-bond acceptors (Lipinski definition) is 5. The summed E-state index contributed by atoms with van der Waals surface area (Å²) >= 11 is 0. The number of nitrogens with two attached hydrogens (primary N) is 2. The molecule has 0 saturated heterocycles. The number of guanidine groups is 1. The predicted octanol–water partition coefficient (Wildman–Crippen LogP) is -2.33. The number of rotatable bonds is 9. The predicted molar refractivity (Wildman–Crippen MR) is 87.2 cm³/mol. The smallest absolute Gasteiger partial charge is 0.287 e. The standard InChI is InChI=1S/C13H22N8O3/c1-16-9(22)7-20-12(24)10-19-6-8(21-10)11(23)17-4-2-3-5-18-13(14)15/h6H,2-5,7H2,1H3,(H,16,22)(H,17,23)(H,19,21)(H,20,24)(H4,14,15,18). The molecule has 0 spiro atoms. The summed E-state index contributed by atoms with van der Waals surface area (Å²) in [6, 6.07) is 0. The SMILES string of the molecule is CNC(=O)CNC(=O)c1ncc(C(=O)NCCCCN=C(N)N)[nH]1. The first kappa shape index (κ1) is 18.9. The molecule has 1 rings (SSSR count). The maximum absolute atomic E-state index is 11.9. The fraction of sp³-hybridized carbons (Fsp3) is 0.462. The van der Waals surface area contributed by atoms with Crippen molar-refractivity contribution in [3.63, 3.8) is 0 Å². The van der Waals surface area contributed by atoms with Crippen LogP contribution in [0.15, 0.2) is 11.2 Å². The van der Waals surface area contributed by atoms with Crippen LogP contribution in [0.1, 0.15) is 33.9 Å². The Labute approximate surface area is 138 Å². The zero-order valence-corrected chi connectivity index (χ0v) is 13.4. The van der Waals surface area contributed by atoms with E-state index in [1.807, 2.05) is 0 Å². The minimum Gasteiger partial charge on any atom is -0.370 e. The molecule has 0 aliphatic heterocycles. The maximum atomic E-state index is 11.9. The molecule has 1 heterocycles. The Balaban J connectivity index is 2.36. The summed E-state index contributed by atoms with van der Waals surface area (Å²) in [6.07, 6.45) is 2.69. The molecule has 3 amide bonds. The molecular formula is C13H22N8O3. The van der Waals surface area contributed by atoms with E-state index in [0.29, 0.717) is 19.5 Å². The van der Waals surface area contributed by atoms with Crippen molar-refractivity contribution < 1.29 is 14.4 Å². The van der Waals surface area contributed by atoms with Crippen LogP contribution in [-0.4, -0.2) is 60.3 Å². The molecule has 0 saturated carbocycles. The number of aromatic amines is 1. The second-order valence-electron chi connectivity index (χ2n) is 4.77. The van der Waals surface area contributed by atoms with Gasteiger partial charge in [-0.15, -0.1) is 0 Å². The fourth-order valence-electron chi connectivity index (χ4n) is 1.63. The third kappa shape index (κ3) is 6.77. The van der Waals surface area contributed by atoms with Crippen LogP contribution in [0, 0.1) is 0 Å². The molecule has 0 fully saturated rings. The van der Waals surface area contributed by atoms with Crippen LogP contribution < -0.4 is 27.4 Å². The number of nitrogens with zero attached hydrogens (tertiary/aromatic N) is 2. The lowest BCUT2D eigenvalue weighted by atomic mass is 10.3. The highest BCUT2D eigenvalue weighted by atomic mass is 16.2. The van der Waals surface area contributed by atoms with Crippen LogP contribution in [0.5, 0.6) is 0 Å². The number of carbonyl (C=O) groups is 3. The lowest BCUT2D eigenvalue weighted by Gasteiger charge is -2.03. The zero-order chi connectivity index (χ0) is 17.9. The molecule has 11 nitrogen and oxygen atoms in total. The fourth-order valence-corrected chi connectivity index (χ4v) is 1.63. The van der Waals surface area contributed by atoms with Gasteiger partial charge >= 0.3 is 0 Å². The second-order valence-corrected chi connectivity index (χ2v) is 4.77. The summed E-state index contributed by atoms with van der Waals surface area (Å²) in [5.74, 6) is -1.30. The minimum atomic E-state index is -0.574. The number of aromatic nitrogens is 2. The van der Waals surface area contributed by atoms with Gasteiger partial charge in [-0.3, -0.25) is 19.4 Å². The molecule has 1 aromatic heterocycles. The lowest BCUT2D eigenvalue weighted by Crippen LogP contribution is -2.35. The number of hydrogen-bond donors (Lipinski definition) is 6. The van der Waals surface area contributed by atoms with E-state index >= 15 is 0 Å². The van der Waals surface area contributed by atoms with Gasteiger partial charge < -0.3 is 32.4 Å². The van der Waals surface area contributed by atoms with Gasteiger partial charge in [0.15, 0.2) is 11.8 Å². The Morgan fingerprint density at radius 1 is 1.21 bits per heavy atom. The second kappa shape index (κ2) is 9.82. The number of nitrogens with one attached hydrogen (secondary N) is 4. The van der Waals surface area contributed by atoms with Crippen LogP contribution >= 0.6 is 0 Å². The quantitative estimate of drug-likeness (QED) is 0.167. The summed E-state index contributed by atoms with van der Waals surface area (Å²) in [5.41, 5.74) is 10.5. The van der Waals surface area contributed by atoms with Crippen LogP contribution in [0.4, 0.5) is 0 Å². The van der Waals surface area contributed by atoms with E-state index in [2.05, 4.69) is 30.9 Å². The van der Waals surface area contributed by atoms with E-state index in [1.165, 1.54) is 13.2 Å². The van der Waals surface area contributed by atoms with Gasteiger partial charge in [-0.2, -0.15) is 0 Å². The molecule has 24 heavy (non-hydrogen) atoms. The van der Waals surface area contributed by atoms with Crippen molar-refractivity contribution in [2.75, 3.05) is 26.7 Å². The molecule has 1 aromatic rings. The third-order valence-electron chi connectivity index (χ3n) is 2.89. The highest BCUT2D eigenvalue weighted by molar-refractivity contribution is 5.96. The van der Waals surface area contributed by atoms with Crippen LogP contribution in [0.25, 0.3) is 0 Å². The van der Waals surface area contributed by atoms with Crippen molar-refractivity contribution >= 4 is 23.7 Å². The molecule has 0 atom stereocenters. The third-order valence-corrected chi connectivity index (χ3v) is 2.89. The number of imidazole rings is 1. The molecule has 0 aliphatic rings. The van der Waals surface area contributed by atoms with E-state index in [4.69, 9.17) is 11.5 Å². The van der Waals surface area contributed by atoms with Gasteiger partial charge in [0.2, 0.25) is 5.91 Å². The number of unbranched alkanes of at least 4 members (excludes halogenated alkanes) is 1. The minimum absolute atomic E-state index is 0.0405. The highest BCUT2D eigenvalue weighted by Crippen LogP contribution is 1.98. The van der Waals surface area contributed by atoms with Crippen LogP contribution in [-0.2, 0) is 4.79 Å². The Bertz CT molecular complexity index is 606. The monoisotopic (exact) mass is 338 g/mol. The van der Waals surface area contributed by atoms with Gasteiger partial charge in [-0.05, 0) is 12.8 Å². The summed E-state index contributed by atoms with van der Waals surface area (Å²) in [7, 11) is 1.46. The number of H-pyrrole nitrogens is 1. The van der Waals surface area contributed by atoms with Crippen LogP contribution in [0.2, 0.25) is 0 Å². The Morgan fingerprint density at radius 3 is 2.62 bits per heavy atom. The molecule has 132 valence electrons. The summed E-state index contributed by atoms with van der Waals surface area (Å²) in [6.45, 7) is 0.765. The molecule has 0 radical (unpaired) electrons. The summed E-state index contributed by atoms with van der Waals surface area (Å²) < 4.78 is 0. The van der Waals surface area contributed by atoms with E-state index in [1.54, 1.807) is 0 Å². The number of amides is 3. The van der Waals surface area contributed by atoms with Gasteiger partial charge in [0.05, 0.1) is 12.7 Å². The maximum Gasteiger partial charge on any atom is 0.287 e. The number of likely N-dealkylation sites (N-methyl/N-ethyl adjacent to an activating group) is 1. The highest BCUT2D eigenvalue weighted by Gasteiger charge is 2.14. The Kier molecular flexibility index (Phi) is 7.75. The van der Waals surface area contributed by atoms with E-state index < -0.39 is 5.91 Å². The van der Waals surface area contributed by atoms with Crippen LogP contribution in [0.3, 0.4) is 0 Å². The largest absolute Gasteiger partial charge is 0.370 e. The van der Waals surface area contributed by atoms with Crippen molar-refractivity contribution in [2.45, 2.75) is 12.8 Å². The van der Waals surface area contributed by atoms with E-state index in [-0.39, 0.29) is 35.8 Å². The van der Waals surface area contributed by atoms with Gasteiger partial charge in [-0.1, -0.05) is 0 Å². The van der Waals surface area contributed by atoms with Crippen molar-refractivity contribution in [1.29, 1.82) is 0 Å². The van der Waals surface area contributed by atoms with E-state index in [9.17, 15) is 14.4 Å². The zero-order valence-electron chi connectivity index (χ0n) is 13.4. The number of carbonyl (C=O) groups excluding carboxylic acids is 3. The van der Waals surface area contributed by atoms with Gasteiger partial charge in [0.25, 0.3) is 11.8 Å². The molecule has 0 bridgehead atoms. The van der Waals surface area contributed by atoms with Gasteiger partial charge in [-0.25, -0.2) is 4.98 Å². The molecule has 11 heteroatoms. The molecule has 0 aromatic carbocycles. The van der Waals surface area contributed by atoms with E-state index in [0.717, 1.165) is 6.42 Å². The first-order valence-corrected chi connectivity index (χ1v) is 7.31. The first-order valence-electron chi connectivity index (χ1n) is 7.31. The Hall–Kier alpha value is -3.11. The molecule has 0 aliphatic carbocycles. The van der Waals surface area contributed by atoms with Gasteiger partial charge in [0.1, 0.15) is 5.69 Å². The number of aliphatic imine (C=N–C) groups is 1. The van der Waals surface area contributed by atoms with Crippen molar-refractivity contribution in [2.24, 2.45) is 16.5 Å². The van der Waals surface area contributed by atoms with Crippen molar-refractivity contribution in [3.8, 4) is 0 Å². The summed E-state index contributed by atoms with van der Waals surface area (Å²) in [5, 5.41) is 7.42.